The highest BCUT2D eigenvalue weighted by Crippen LogP contribution is 2.29. The van der Waals surface area contributed by atoms with E-state index in [-0.39, 0.29) is 17.1 Å². The van der Waals surface area contributed by atoms with Gasteiger partial charge in [0.2, 0.25) is 11.1 Å². The van der Waals surface area contributed by atoms with Crippen LogP contribution in [0.2, 0.25) is 0 Å². The first-order chi connectivity index (χ1) is 11.5. The number of sulfonamides is 1. The second-order valence-electron chi connectivity index (χ2n) is 6.12. The van der Waals surface area contributed by atoms with Gasteiger partial charge in [0.1, 0.15) is 0 Å². The molecule has 2 saturated heterocycles. The number of aryl methyl sites for hydroxylation is 1. The molecule has 0 spiro atoms. The van der Waals surface area contributed by atoms with Gasteiger partial charge in [0.15, 0.2) is 0 Å². The van der Waals surface area contributed by atoms with Crippen molar-refractivity contribution in [2.75, 3.05) is 24.5 Å². The molecular formula is C14H18N6O3S. The maximum absolute atomic E-state index is 12.5. The van der Waals surface area contributed by atoms with Gasteiger partial charge in [-0.3, -0.25) is 9.48 Å². The number of nitrogens with zero attached hydrogens (tertiary/aromatic N) is 6. The molecule has 0 radical (unpaired) electrons. The Balaban J connectivity index is 1.46. The maximum Gasteiger partial charge on any atom is 0.277 e. The van der Waals surface area contributed by atoms with Crippen molar-refractivity contribution in [3.63, 3.8) is 0 Å². The van der Waals surface area contributed by atoms with E-state index in [4.69, 9.17) is 0 Å². The standard InChI is InChI=1S/C14H18N6O3S/c1-17-6-4-15-14(17)24(22,23)18-8-12(9-18)20-10-11(7-16-20)19-5-2-3-13(19)21/h4,6-7,10,12H,2-3,5,8-9H2,1H3. The van der Waals surface area contributed by atoms with E-state index >= 15 is 0 Å². The molecule has 0 N–H and O–H groups in total. The highest BCUT2D eigenvalue weighted by atomic mass is 32.2. The highest BCUT2D eigenvalue weighted by Gasteiger charge is 2.40. The summed E-state index contributed by atoms with van der Waals surface area (Å²) in [6.45, 7) is 1.42. The van der Waals surface area contributed by atoms with Crippen LogP contribution >= 0.6 is 0 Å². The fourth-order valence-corrected chi connectivity index (χ4v) is 4.67. The van der Waals surface area contributed by atoms with Gasteiger partial charge in [0, 0.05) is 51.7 Å². The van der Waals surface area contributed by atoms with Gasteiger partial charge in [-0.25, -0.2) is 13.4 Å². The average molecular weight is 350 g/mol. The van der Waals surface area contributed by atoms with E-state index in [0.717, 1.165) is 18.7 Å². The van der Waals surface area contributed by atoms with Crippen LogP contribution < -0.4 is 4.90 Å². The van der Waals surface area contributed by atoms with Crippen LogP contribution in [0.5, 0.6) is 0 Å². The molecule has 2 aliphatic heterocycles. The lowest BCUT2D eigenvalue weighted by Gasteiger charge is -2.37. The first kappa shape index (κ1) is 15.3. The monoisotopic (exact) mass is 350 g/mol. The summed E-state index contributed by atoms with van der Waals surface area (Å²) < 4.78 is 29.6. The summed E-state index contributed by atoms with van der Waals surface area (Å²) in [4.78, 5) is 17.4. The third-order valence-electron chi connectivity index (χ3n) is 4.52. The number of amides is 1. The summed E-state index contributed by atoms with van der Waals surface area (Å²) >= 11 is 0. The molecule has 10 heteroatoms. The maximum atomic E-state index is 12.5. The minimum Gasteiger partial charge on any atom is -0.324 e. The molecule has 0 saturated carbocycles. The lowest BCUT2D eigenvalue weighted by Crippen LogP contribution is -2.51. The van der Waals surface area contributed by atoms with Crippen molar-refractivity contribution >= 4 is 21.6 Å². The van der Waals surface area contributed by atoms with E-state index in [0.29, 0.717) is 19.5 Å². The third kappa shape index (κ3) is 2.33. The van der Waals surface area contributed by atoms with Gasteiger partial charge in [-0.2, -0.15) is 9.40 Å². The number of rotatable bonds is 4. The quantitative estimate of drug-likeness (QED) is 0.773. The predicted molar refractivity (Wildman–Crippen MR) is 84.8 cm³/mol. The molecule has 1 amide bonds. The molecule has 2 aromatic rings. The Hall–Kier alpha value is -2.20. The van der Waals surface area contributed by atoms with Gasteiger partial charge in [0.05, 0.1) is 17.9 Å². The number of carbonyl (C=O) groups is 1. The summed E-state index contributed by atoms with van der Waals surface area (Å²) in [5, 5.41) is 4.34. The predicted octanol–water partition coefficient (Wildman–Crippen LogP) is -0.0110. The zero-order valence-corrected chi connectivity index (χ0v) is 14.1. The summed E-state index contributed by atoms with van der Waals surface area (Å²) in [6.07, 6.45) is 8.00. The van der Waals surface area contributed by atoms with E-state index in [9.17, 15) is 13.2 Å². The van der Waals surface area contributed by atoms with Crippen LogP contribution in [0.25, 0.3) is 0 Å². The van der Waals surface area contributed by atoms with Crippen LogP contribution in [-0.2, 0) is 21.9 Å². The van der Waals surface area contributed by atoms with Gasteiger partial charge in [-0.15, -0.1) is 0 Å². The number of aromatic nitrogens is 4. The van der Waals surface area contributed by atoms with Gasteiger partial charge in [-0.1, -0.05) is 0 Å². The van der Waals surface area contributed by atoms with Crippen molar-refractivity contribution in [1.29, 1.82) is 0 Å². The third-order valence-corrected chi connectivity index (χ3v) is 6.36. The van der Waals surface area contributed by atoms with Crippen molar-refractivity contribution < 1.29 is 13.2 Å². The zero-order chi connectivity index (χ0) is 16.9. The minimum absolute atomic E-state index is 0.0218. The molecule has 2 aliphatic rings. The van der Waals surface area contributed by atoms with Crippen molar-refractivity contribution in [3.8, 4) is 0 Å². The molecule has 24 heavy (non-hydrogen) atoms. The molecule has 2 fully saturated rings. The normalized spacial score (nSPS) is 19.9. The first-order valence-electron chi connectivity index (χ1n) is 7.79. The fraction of sp³-hybridized carbons (Fsp3) is 0.500. The Kier molecular flexibility index (Phi) is 3.46. The van der Waals surface area contributed by atoms with Crippen LogP contribution in [0.3, 0.4) is 0 Å². The second-order valence-corrected chi connectivity index (χ2v) is 7.96. The summed E-state index contributed by atoms with van der Waals surface area (Å²) in [6, 6.07) is -0.0218. The summed E-state index contributed by atoms with van der Waals surface area (Å²) in [7, 11) is -1.91. The lowest BCUT2D eigenvalue weighted by atomic mass is 10.2. The Labute approximate surface area is 139 Å². The molecule has 4 rings (SSSR count). The lowest BCUT2D eigenvalue weighted by molar-refractivity contribution is -0.117. The smallest absolute Gasteiger partial charge is 0.277 e. The van der Waals surface area contributed by atoms with Crippen molar-refractivity contribution in [2.45, 2.75) is 24.0 Å². The van der Waals surface area contributed by atoms with Crippen LogP contribution in [0.4, 0.5) is 5.69 Å². The molecule has 0 atom stereocenters. The molecular weight excluding hydrogens is 332 g/mol. The number of carbonyl (C=O) groups excluding carboxylic acids is 1. The molecule has 0 unspecified atom stereocenters. The van der Waals surface area contributed by atoms with Crippen LogP contribution in [0.1, 0.15) is 18.9 Å². The highest BCUT2D eigenvalue weighted by molar-refractivity contribution is 7.89. The van der Waals surface area contributed by atoms with E-state index in [2.05, 4.69) is 10.1 Å². The molecule has 2 aromatic heterocycles. The van der Waals surface area contributed by atoms with E-state index in [1.807, 2.05) is 6.20 Å². The molecule has 9 nitrogen and oxygen atoms in total. The summed E-state index contributed by atoms with van der Waals surface area (Å²) in [5.41, 5.74) is 0.780. The number of hydrogen-bond acceptors (Lipinski definition) is 5. The largest absolute Gasteiger partial charge is 0.324 e. The molecule has 128 valence electrons. The summed E-state index contributed by atoms with van der Waals surface area (Å²) in [5.74, 6) is 0.113. The van der Waals surface area contributed by atoms with Crippen LogP contribution in [0, 0.1) is 0 Å². The second kappa shape index (κ2) is 5.42. The fourth-order valence-electron chi connectivity index (χ4n) is 3.08. The molecule has 0 bridgehead atoms. The molecule has 0 aromatic carbocycles. The average Bonchev–Trinajstić information content (AvgIpc) is 3.17. The minimum atomic E-state index is -3.57. The number of imidazole rings is 1. The number of anilines is 1. The number of hydrogen-bond donors (Lipinski definition) is 0. The van der Waals surface area contributed by atoms with E-state index < -0.39 is 10.0 Å². The van der Waals surface area contributed by atoms with Gasteiger partial charge < -0.3 is 9.47 Å². The van der Waals surface area contributed by atoms with Gasteiger partial charge in [0.25, 0.3) is 10.0 Å². The van der Waals surface area contributed by atoms with Crippen molar-refractivity contribution in [2.24, 2.45) is 7.05 Å². The van der Waals surface area contributed by atoms with Crippen molar-refractivity contribution in [1.82, 2.24) is 23.6 Å². The van der Waals surface area contributed by atoms with Crippen LogP contribution in [0.15, 0.2) is 29.9 Å². The molecule has 0 aliphatic carbocycles. The van der Waals surface area contributed by atoms with Crippen molar-refractivity contribution in [3.05, 3.63) is 24.8 Å². The first-order valence-corrected chi connectivity index (χ1v) is 9.23. The Bertz CT molecular complexity index is 880. The van der Waals surface area contributed by atoms with Crippen LogP contribution in [-0.4, -0.2) is 57.6 Å². The van der Waals surface area contributed by atoms with E-state index in [1.54, 1.807) is 29.0 Å². The SMILES string of the molecule is Cn1ccnc1S(=O)(=O)N1CC(n2cc(N3CCCC3=O)cn2)C1. The zero-order valence-electron chi connectivity index (χ0n) is 13.2. The van der Waals surface area contributed by atoms with E-state index in [1.165, 1.54) is 15.1 Å². The van der Waals surface area contributed by atoms with Gasteiger partial charge >= 0.3 is 0 Å². The molecule has 4 heterocycles. The van der Waals surface area contributed by atoms with Gasteiger partial charge in [-0.05, 0) is 6.42 Å². The topological polar surface area (TPSA) is 93.3 Å². The Morgan fingerprint density at radius 1 is 1.29 bits per heavy atom. The Morgan fingerprint density at radius 2 is 2.08 bits per heavy atom. The Morgan fingerprint density at radius 3 is 2.71 bits per heavy atom.